The molecule has 18 heavy (non-hydrogen) atoms. The molecule has 1 aliphatic heterocycles. The van der Waals surface area contributed by atoms with E-state index in [1.54, 1.807) is 16.8 Å². The molecule has 3 atom stereocenters. The van der Waals surface area contributed by atoms with Crippen molar-refractivity contribution < 1.29 is 14.2 Å². The summed E-state index contributed by atoms with van der Waals surface area (Å²) >= 11 is 0. The van der Waals surface area contributed by atoms with E-state index in [0.717, 1.165) is 0 Å². The predicted octanol–water partition coefficient (Wildman–Crippen LogP) is 0.631. The van der Waals surface area contributed by atoms with E-state index in [-0.39, 0.29) is 13.0 Å². The van der Waals surface area contributed by atoms with E-state index < -0.39 is 18.5 Å². The molecule has 3 N–H and O–H groups in total. The van der Waals surface area contributed by atoms with Crippen molar-refractivity contribution in [2.24, 2.45) is 0 Å². The Kier molecular flexibility index (Phi) is 2.64. The number of anilines is 1. The van der Waals surface area contributed by atoms with E-state index in [1.165, 1.54) is 6.33 Å². The molecule has 3 rings (SSSR count). The SMILES string of the molecule is Nc1ncnc2c1ccn2C1OC(CO)CC1F. The zero-order valence-electron chi connectivity index (χ0n) is 9.53. The highest BCUT2D eigenvalue weighted by molar-refractivity contribution is 5.86. The third-order valence-electron chi connectivity index (χ3n) is 3.15. The van der Waals surface area contributed by atoms with Gasteiger partial charge in [0.05, 0.1) is 18.1 Å². The lowest BCUT2D eigenvalue weighted by molar-refractivity contribution is -0.0348. The lowest BCUT2D eigenvalue weighted by Gasteiger charge is -2.16. The first-order chi connectivity index (χ1) is 8.70. The normalized spacial score (nSPS) is 28.0. The molecule has 0 spiro atoms. The number of hydrogen-bond acceptors (Lipinski definition) is 5. The largest absolute Gasteiger partial charge is 0.394 e. The van der Waals surface area contributed by atoms with Gasteiger partial charge in [-0.1, -0.05) is 0 Å². The van der Waals surface area contributed by atoms with Crippen molar-refractivity contribution in [3.8, 4) is 0 Å². The van der Waals surface area contributed by atoms with Crippen LogP contribution < -0.4 is 5.73 Å². The average Bonchev–Trinajstić information content (AvgIpc) is 2.93. The van der Waals surface area contributed by atoms with Crippen molar-refractivity contribution in [2.75, 3.05) is 12.3 Å². The Bertz CT molecular complexity index is 573. The summed E-state index contributed by atoms with van der Waals surface area (Å²) in [4.78, 5) is 7.97. The van der Waals surface area contributed by atoms with Gasteiger partial charge in [0.2, 0.25) is 0 Å². The summed E-state index contributed by atoms with van der Waals surface area (Å²) in [5.74, 6) is 0.353. The maximum atomic E-state index is 13.9. The first-order valence-corrected chi connectivity index (χ1v) is 5.68. The second-order valence-electron chi connectivity index (χ2n) is 4.30. The molecule has 2 aromatic rings. The first kappa shape index (κ1) is 11.4. The number of aromatic nitrogens is 3. The minimum Gasteiger partial charge on any atom is -0.394 e. The quantitative estimate of drug-likeness (QED) is 0.818. The van der Waals surface area contributed by atoms with Crippen LogP contribution in [0.2, 0.25) is 0 Å². The molecule has 2 aromatic heterocycles. The van der Waals surface area contributed by atoms with Crippen molar-refractivity contribution in [1.29, 1.82) is 0 Å². The number of fused-ring (bicyclic) bond motifs is 1. The zero-order valence-corrected chi connectivity index (χ0v) is 9.53. The van der Waals surface area contributed by atoms with Crippen LogP contribution in [0.3, 0.4) is 0 Å². The van der Waals surface area contributed by atoms with Crippen molar-refractivity contribution >= 4 is 16.9 Å². The molecular formula is C11H13FN4O2. The number of halogens is 1. The topological polar surface area (TPSA) is 86.2 Å². The molecule has 0 radical (unpaired) electrons. The van der Waals surface area contributed by atoms with E-state index in [4.69, 9.17) is 15.6 Å². The second kappa shape index (κ2) is 4.18. The van der Waals surface area contributed by atoms with Crippen molar-refractivity contribution in [2.45, 2.75) is 24.9 Å². The molecule has 0 saturated carbocycles. The summed E-state index contributed by atoms with van der Waals surface area (Å²) in [7, 11) is 0. The maximum Gasteiger partial charge on any atom is 0.167 e. The van der Waals surface area contributed by atoms with Gasteiger partial charge >= 0.3 is 0 Å². The molecule has 6 nitrogen and oxygen atoms in total. The Labute approximate surface area is 102 Å². The number of hydrogen-bond donors (Lipinski definition) is 2. The second-order valence-corrected chi connectivity index (χ2v) is 4.30. The molecule has 7 heteroatoms. The van der Waals surface area contributed by atoms with Gasteiger partial charge in [0.1, 0.15) is 24.0 Å². The molecule has 0 amide bonds. The summed E-state index contributed by atoms with van der Waals surface area (Å²) < 4.78 is 20.9. The lowest BCUT2D eigenvalue weighted by Crippen LogP contribution is -2.16. The monoisotopic (exact) mass is 252 g/mol. The number of alkyl halides is 1. The third kappa shape index (κ3) is 1.63. The fraction of sp³-hybridized carbons (Fsp3) is 0.455. The van der Waals surface area contributed by atoms with Gasteiger partial charge in [-0.15, -0.1) is 0 Å². The Morgan fingerprint density at radius 2 is 2.39 bits per heavy atom. The number of rotatable bonds is 2. The molecule has 0 aliphatic carbocycles. The van der Waals surface area contributed by atoms with Crippen molar-refractivity contribution in [3.05, 3.63) is 18.6 Å². The fourth-order valence-electron chi connectivity index (χ4n) is 2.26. The van der Waals surface area contributed by atoms with Crippen LogP contribution in [-0.2, 0) is 4.74 Å². The van der Waals surface area contributed by atoms with Crippen LogP contribution in [0, 0.1) is 0 Å². The predicted molar refractivity (Wildman–Crippen MR) is 62.4 cm³/mol. The highest BCUT2D eigenvalue weighted by Crippen LogP contribution is 2.33. The van der Waals surface area contributed by atoms with E-state index in [0.29, 0.717) is 16.9 Å². The van der Waals surface area contributed by atoms with E-state index >= 15 is 0 Å². The molecule has 96 valence electrons. The lowest BCUT2D eigenvalue weighted by atomic mass is 10.2. The van der Waals surface area contributed by atoms with Gasteiger partial charge in [-0.25, -0.2) is 14.4 Å². The highest BCUT2D eigenvalue weighted by atomic mass is 19.1. The molecule has 0 aromatic carbocycles. The summed E-state index contributed by atoms with van der Waals surface area (Å²) in [5.41, 5.74) is 6.25. The zero-order chi connectivity index (χ0) is 12.7. The number of aliphatic hydroxyl groups excluding tert-OH is 1. The Morgan fingerprint density at radius 1 is 1.56 bits per heavy atom. The average molecular weight is 252 g/mol. The fourth-order valence-corrected chi connectivity index (χ4v) is 2.26. The van der Waals surface area contributed by atoms with E-state index in [9.17, 15) is 4.39 Å². The summed E-state index contributed by atoms with van der Waals surface area (Å²) in [6.07, 6.45) is 0.776. The van der Waals surface area contributed by atoms with Gasteiger partial charge in [-0.3, -0.25) is 0 Å². The van der Waals surface area contributed by atoms with Crippen molar-refractivity contribution in [1.82, 2.24) is 14.5 Å². The molecule has 0 bridgehead atoms. The number of nitrogens with two attached hydrogens (primary N) is 1. The standard InChI is InChI=1S/C11H13FN4O2/c12-8-3-6(4-17)18-11(8)16-2-1-7-9(13)14-5-15-10(7)16/h1-2,5-6,8,11,17H,3-4H2,(H2,13,14,15). The van der Waals surface area contributed by atoms with Gasteiger partial charge < -0.3 is 20.1 Å². The minimum absolute atomic E-state index is 0.182. The summed E-state index contributed by atoms with van der Waals surface area (Å²) in [5, 5.41) is 9.68. The highest BCUT2D eigenvalue weighted by Gasteiger charge is 2.36. The Balaban J connectivity index is 2.02. The molecule has 3 heterocycles. The molecule has 1 aliphatic rings. The van der Waals surface area contributed by atoms with Gasteiger partial charge in [-0.2, -0.15) is 0 Å². The number of nitrogen functional groups attached to an aromatic ring is 1. The van der Waals surface area contributed by atoms with Crippen LogP contribution in [-0.4, -0.2) is 38.5 Å². The smallest absolute Gasteiger partial charge is 0.167 e. The maximum absolute atomic E-state index is 13.9. The number of aliphatic hydroxyl groups is 1. The van der Waals surface area contributed by atoms with Gasteiger partial charge in [0.15, 0.2) is 6.23 Å². The van der Waals surface area contributed by atoms with Gasteiger partial charge in [-0.05, 0) is 6.07 Å². The van der Waals surface area contributed by atoms with Crippen molar-refractivity contribution in [3.63, 3.8) is 0 Å². The Morgan fingerprint density at radius 3 is 3.11 bits per heavy atom. The van der Waals surface area contributed by atoms with Crippen LogP contribution in [0.4, 0.5) is 10.2 Å². The van der Waals surface area contributed by atoms with Gasteiger partial charge in [0.25, 0.3) is 0 Å². The minimum atomic E-state index is -1.17. The Hall–Kier alpha value is -1.73. The van der Waals surface area contributed by atoms with Crippen LogP contribution >= 0.6 is 0 Å². The molecule has 1 fully saturated rings. The molecule has 1 saturated heterocycles. The van der Waals surface area contributed by atoms with Crippen LogP contribution in [0.25, 0.3) is 11.0 Å². The van der Waals surface area contributed by atoms with E-state index in [1.807, 2.05) is 0 Å². The number of ether oxygens (including phenoxy) is 1. The van der Waals surface area contributed by atoms with Gasteiger partial charge in [0, 0.05) is 12.6 Å². The molecular weight excluding hydrogens is 239 g/mol. The molecule has 3 unspecified atom stereocenters. The van der Waals surface area contributed by atoms with Crippen LogP contribution in [0.15, 0.2) is 18.6 Å². The van der Waals surface area contributed by atoms with Crippen LogP contribution in [0.5, 0.6) is 0 Å². The van der Waals surface area contributed by atoms with Crippen LogP contribution in [0.1, 0.15) is 12.6 Å². The first-order valence-electron chi connectivity index (χ1n) is 5.68. The van der Waals surface area contributed by atoms with E-state index in [2.05, 4.69) is 9.97 Å². The third-order valence-corrected chi connectivity index (χ3v) is 3.15. The summed E-state index contributed by atoms with van der Waals surface area (Å²) in [6, 6.07) is 1.73. The summed E-state index contributed by atoms with van der Waals surface area (Å²) in [6.45, 7) is -0.187. The number of nitrogens with zero attached hydrogens (tertiary/aromatic N) is 3.